The summed E-state index contributed by atoms with van der Waals surface area (Å²) < 4.78 is 1.97. The highest BCUT2D eigenvalue weighted by Gasteiger charge is 2.13. The molecule has 0 bridgehead atoms. The second-order valence-electron chi connectivity index (χ2n) is 4.36. The zero-order chi connectivity index (χ0) is 12.8. The minimum atomic E-state index is 0.332. The van der Waals surface area contributed by atoms with E-state index in [-0.39, 0.29) is 0 Å². The van der Waals surface area contributed by atoms with Gasteiger partial charge in [-0.25, -0.2) is 4.68 Å². The van der Waals surface area contributed by atoms with Gasteiger partial charge in [0, 0.05) is 12.6 Å². The molecular weight excluding hydrogens is 232 g/mol. The monoisotopic (exact) mass is 256 g/mol. The predicted octanol–water partition coefficient (Wildman–Crippen LogP) is 2.91. The molecule has 0 radical (unpaired) electrons. The van der Waals surface area contributed by atoms with Gasteiger partial charge in [-0.2, -0.15) is 16.9 Å². The maximum absolute atomic E-state index is 6.03. The average Bonchev–Trinajstić information content (AvgIpc) is 2.57. The number of nitrogens with one attached hydrogen (secondary N) is 1. The molecule has 0 aromatic carbocycles. The summed E-state index contributed by atoms with van der Waals surface area (Å²) in [6.07, 6.45) is 1.15. The smallest absolute Gasteiger partial charge is 0.148 e. The molecule has 3 N–H and O–H groups in total. The van der Waals surface area contributed by atoms with Crippen molar-refractivity contribution in [2.75, 3.05) is 29.1 Å². The Kier molecular flexibility index (Phi) is 5.68. The van der Waals surface area contributed by atoms with Gasteiger partial charge in [-0.1, -0.05) is 6.92 Å². The minimum absolute atomic E-state index is 0.332. The topological polar surface area (TPSA) is 55.9 Å². The van der Waals surface area contributed by atoms with Crippen LogP contribution in [0.25, 0.3) is 0 Å². The third-order valence-electron chi connectivity index (χ3n) is 2.58. The molecule has 5 heteroatoms. The zero-order valence-corrected chi connectivity index (χ0v) is 12.1. The standard InChI is InChI=1S/C12H24N4S/c1-5-17-8-6-7-14-12-11(13)10(4)15-16(12)9(2)3/h9,14H,5-8,13H2,1-4H3. The van der Waals surface area contributed by atoms with Crippen LogP contribution in [0.15, 0.2) is 0 Å². The Morgan fingerprint density at radius 3 is 2.76 bits per heavy atom. The number of rotatable bonds is 7. The van der Waals surface area contributed by atoms with Gasteiger partial charge in [0.1, 0.15) is 5.82 Å². The summed E-state index contributed by atoms with van der Waals surface area (Å²) in [5.41, 5.74) is 7.72. The molecule has 0 amide bonds. The van der Waals surface area contributed by atoms with Gasteiger partial charge in [-0.15, -0.1) is 0 Å². The molecule has 0 aliphatic carbocycles. The lowest BCUT2D eigenvalue weighted by Crippen LogP contribution is -2.12. The molecule has 0 unspecified atom stereocenters. The van der Waals surface area contributed by atoms with Crippen LogP contribution in [0.1, 0.15) is 38.9 Å². The quantitative estimate of drug-likeness (QED) is 0.737. The molecule has 0 aliphatic rings. The number of aromatic nitrogens is 2. The lowest BCUT2D eigenvalue weighted by molar-refractivity contribution is 0.534. The fraction of sp³-hybridized carbons (Fsp3) is 0.750. The van der Waals surface area contributed by atoms with Crippen molar-refractivity contribution in [3.8, 4) is 0 Å². The van der Waals surface area contributed by atoms with E-state index in [0.29, 0.717) is 6.04 Å². The number of aryl methyl sites for hydroxylation is 1. The average molecular weight is 256 g/mol. The van der Waals surface area contributed by atoms with Gasteiger partial charge < -0.3 is 11.1 Å². The first-order valence-electron chi connectivity index (χ1n) is 6.24. The molecule has 1 heterocycles. The molecule has 1 rings (SSSR count). The van der Waals surface area contributed by atoms with E-state index in [1.54, 1.807) is 0 Å². The third-order valence-corrected chi connectivity index (χ3v) is 3.57. The molecule has 1 aromatic rings. The minimum Gasteiger partial charge on any atom is -0.394 e. The second-order valence-corrected chi connectivity index (χ2v) is 5.76. The normalized spacial score (nSPS) is 11.1. The molecule has 1 aromatic heterocycles. The van der Waals surface area contributed by atoms with E-state index in [4.69, 9.17) is 5.73 Å². The van der Waals surface area contributed by atoms with Crippen molar-refractivity contribution >= 4 is 23.3 Å². The van der Waals surface area contributed by atoms with Gasteiger partial charge in [-0.05, 0) is 38.7 Å². The third kappa shape index (κ3) is 3.84. The van der Waals surface area contributed by atoms with E-state index in [9.17, 15) is 0 Å². The zero-order valence-electron chi connectivity index (χ0n) is 11.3. The molecule has 98 valence electrons. The number of hydrogen-bond acceptors (Lipinski definition) is 4. The van der Waals surface area contributed by atoms with E-state index in [1.807, 2.05) is 23.4 Å². The molecule has 0 aliphatic heterocycles. The maximum Gasteiger partial charge on any atom is 0.148 e. The van der Waals surface area contributed by atoms with Crippen LogP contribution in [0.5, 0.6) is 0 Å². The van der Waals surface area contributed by atoms with Crippen molar-refractivity contribution in [1.82, 2.24) is 9.78 Å². The lowest BCUT2D eigenvalue weighted by atomic mass is 10.3. The number of nitrogens with two attached hydrogens (primary N) is 1. The van der Waals surface area contributed by atoms with Crippen molar-refractivity contribution in [3.05, 3.63) is 5.69 Å². The van der Waals surface area contributed by atoms with Crippen LogP contribution in [-0.2, 0) is 0 Å². The van der Waals surface area contributed by atoms with E-state index >= 15 is 0 Å². The Balaban J connectivity index is 2.57. The van der Waals surface area contributed by atoms with Crippen molar-refractivity contribution in [1.29, 1.82) is 0 Å². The summed E-state index contributed by atoms with van der Waals surface area (Å²) in [4.78, 5) is 0. The summed E-state index contributed by atoms with van der Waals surface area (Å²) in [6.45, 7) is 9.32. The molecular formula is C12H24N4S. The number of anilines is 2. The Bertz CT molecular complexity index is 347. The maximum atomic E-state index is 6.03. The second kappa shape index (κ2) is 6.79. The van der Waals surface area contributed by atoms with E-state index in [0.717, 1.165) is 30.2 Å². The molecule has 0 atom stereocenters. The Morgan fingerprint density at radius 2 is 2.18 bits per heavy atom. The Morgan fingerprint density at radius 1 is 1.47 bits per heavy atom. The first kappa shape index (κ1) is 14.2. The Hall–Kier alpha value is -0.840. The summed E-state index contributed by atoms with van der Waals surface area (Å²) in [5, 5.41) is 7.85. The molecule has 0 fully saturated rings. The SMILES string of the molecule is CCSCCCNc1c(N)c(C)nn1C(C)C. The number of thioether (sulfide) groups is 1. The van der Waals surface area contributed by atoms with Gasteiger partial charge in [0.15, 0.2) is 0 Å². The first-order valence-corrected chi connectivity index (χ1v) is 7.39. The van der Waals surface area contributed by atoms with Crippen LogP contribution < -0.4 is 11.1 Å². The fourth-order valence-electron chi connectivity index (χ4n) is 1.64. The largest absolute Gasteiger partial charge is 0.394 e. The van der Waals surface area contributed by atoms with Crippen molar-refractivity contribution in [2.45, 2.75) is 40.2 Å². The van der Waals surface area contributed by atoms with E-state index in [1.165, 1.54) is 11.5 Å². The van der Waals surface area contributed by atoms with Crippen LogP contribution in [0.4, 0.5) is 11.5 Å². The molecule has 17 heavy (non-hydrogen) atoms. The number of hydrogen-bond donors (Lipinski definition) is 2. The van der Waals surface area contributed by atoms with Crippen LogP contribution in [0.2, 0.25) is 0 Å². The van der Waals surface area contributed by atoms with Crippen molar-refractivity contribution < 1.29 is 0 Å². The van der Waals surface area contributed by atoms with Crippen molar-refractivity contribution in [2.24, 2.45) is 0 Å². The summed E-state index contributed by atoms with van der Waals surface area (Å²) in [7, 11) is 0. The highest BCUT2D eigenvalue weighted by molar-refractivity contribution is 7.99. The van der Waals surface area contributed by atoms with Crippen molar-refractivity contribution in [3.63, 3.8) is 0 Å². The van der Waals surface area contributed by atoms with E-state index in [2.05, 4.69) is 31.2 Å². The van der Waals surface area contributed by atoms with Gasteiger partial charge in [0.2, 0.25) is 0 Å². The molecule has 0 spiro atoms. The highest BCUT2D eigenvalue weighted by Crippen LogP contribution is 2.25. The van der Waals surface area contributed by atoms with Gasteiger partial charge >= 0.3 is 0 Å². The van der Waals surface area contributed by atoms with Crippen LogP contribution >= 0.6 is 11.8 Å². The summed E-state index contributed by atoms with van der Waals surface area (Å²) in [5.74, 6) is 3.35. The summed E-state index contributed by atoms with van der Waals surface area (Å²) >= 11 is 1.97. The number of nitrogen functional groups attached to an aromatic ring is 1. The Labute approximate surface area is 108 Å². The van der Waals surface area contributed by atoms with E-state index < -0.39 is 0 Å². The molecule has 0 saturated carbocycles. The summed E-state index contributed by atoms with van der Waals surface area (Å²) in [6, 6.07) is 0.332. The number of nitrogens with zero attached hydrogens (tertiary/aromatic N) is 2. The fourth-order valence-corrected chi connectivity index (χ4v) is 2.27. The van der Waals surface area contributed by atoms with Gasteiger partial charge in [0.25, 0.3) is 0 Å². The lowest BCUT2D eigenvalue weighted by Gasteiger charge is -2.13. The molecule has 0 saturated heterocycles. The predicted molar refractivity (Wildman–Crippen MR) is 77.9 cm³/mol. The van der Waals surface area contributed by atoms with Gasteiger partial charge in [-0.3, -0.25) is 0 Å². The van der Waals surface area contributed by atoms with Crippen LogP contribution in [0.3, 0.4) is 0 Å². The van der Waals surface area contributed by atoms with Crippen LogP contribution in [-0.4, -0.2) is 27.8 Å². The molecule has 4 nitrogen and oxygen atoms in total. The first-order chi connectivity index (χ1) is 8.07. The highest BCUT2D eigenvalue weighted by atomic mass is 32.2. The van der Waals surface area contributed by atoms with Gasteiger partial charge in [0.05, 0.1) is 11.4 Å². The van der Waals surface area contributed by atoms with Crippen LogP contribution in [0, 0.1) is 6.92 Å².